The zero-order valence-corrected chi connectivity index (χ0v) is 15.1. The normalized spacial score (nSPS) is 21.8. The van der Waals surface area contributed by atoms with Crippen LogP contribution in [0.1, 0.15) is 47.0 Å². The largest absolute Gasteiger partial charge is 0.507 e. The number of phenolic OH excluding ortho intramolecular Hbond substituents is 1. The van der Waals surface area contributed by atoms with Gasteiger partial charge in [-0.1, -0.05) is 6.92 Å². The number of phenols is 1. The fourth-order valence-corrected chi connectivity index (χ4v) is 3.89. The Labute approximate surface area is 152 Å². The molecule has 136 valence electrons. The lowest BCUT2D eigenvalue weighted by molar-refractivity contribution is 0.101. The molecule has 0 saturated carbocycles. The predicted molar refractivity (Wildman–Crippen MR) is 98.2 cm³/mol. The van der Waals surface area contributed by atoms with Gasteiger partial charge < -0.3 is 14.3 Å². The van der Waals surface area contributed by atoms with E-state index >= 15 is 0 Å². The predicted octanol–water partition coefficient (Wildman–Crippen LogP) is 4.14. The van der Waals surface area contributed by atoms with E-state index in [4.69, 9.17) is 9.15 Å². The van der Waals surface area contributed by atoms with E-state index in [0.29, 0.717) is 35.1 Å². The van der Waals surface area contributed by atoms with Crippen LogP contribution in [0.2, 0.25) is 0 Å². The second-order valence-corrected chi connectivity index (χ2v) is 7.33. The summed E-state index contributed by atoms with van der Waals surface area (Å²) in [6.07, 6.45) is 5.55. The smallest absolute Gasteiger partial charge is 0.232 e. The Bertz CT molecular complexity index is 867. The van der Waals surface area contributed by atoms with Gasteiger partial charge in [-0.15, -0.1) is 0 Å². The highest BCUT2D eigenvalue weighted by molar-refractivity contribution is 6.15. The van der Waals surface area contributed by atoms with Gasteiger partial charge in [0.25, 0.3) is 0 Å². The average Bonchev–Trinajstić information content (AvgIpc) is 3.21. The van der Waals surface area contributed by atoms with Crippen molar-refractivity contribution in [3.05, 3.63) is 52.7 Å². The third-order valence-corrected chi connectivity index (χ3v) is 5.16. The van der Waals surface area contributed by atoms with Crippen molar-refractivity contribution in [2.75, 3.05) is 13.1 Å². The highest BCUT2D eigenvalue weighted by Gasteiger charge is 2.34. The molecule has 5 heteroatoms. The van der Waals surface area contributed by atoms with Crippen LogP contribution in [0.4, 0.5) is 0 Å². The van der Waals surface area contributed by atoms with E-state index in [0.717, 1.165) is 25.1 Å². The molecule has 3 heterocycles. The number of ketones is 1. The molecule has 2 aliphatic heterocycles. The number of carbonyl (C=O) groups is 1. The Morgan fingerprint density at radius 2 is 2.27 bits per heavy atom. The Kier molecular flexibility index (Phi) is 4.32. The second kappa shape index (κ2) is 6.65. The van der Waals surface area contributed by atoms with Crippen LogP contribution in [0.3, 0.4) is 0 Å². The molecule has 0 amide bonds. The molecule has 2 aromatic rings. The second-order valence-electron chi connectivity index (χ2n) is 7.33. The molecule has 1 aromatic heterocycles. The molecule has 4 rings (SSSR count). The van der Waals surface area contributed by atoms with E-state index in [9.17, 15) is 9.90 Å². The van der Waals surface area contributed by atoms with Gasteiger partial charge in [-0.25, -0.2) is 0 Å². The summed E-state index contributed by atoms with van der Waals surface area (Å²) < 4.78 is 11.2. The van der Waals surface area contributed by atoms with E-state index in [1.165, 1.54) is 6.42 Å². The summed E-state index contributed by atoms with van der Waals surface area (Å²) >= 11 is 0. The van der Waals surface area contributed by atoms with Gasteiger partial charge in [-0.3, -0.25) is 9.69 Å². The Morgan fingerprint density at radius 3 is 3.00 bits per heavy atom. The van der Waals surface area contributed by atoms with Crippen LogP contribution in [0.25, 0.3) is 6.08 Å². The maximum absolute atomic E-state index is 12.8. The molecule has 0 bridgehead atoms. The summed E-state index contributed by atoms with van der Waals surface area (Å²) in [5.74, 6) is 1.95. The number of hydrogen-bond acceptors (Lipinski definition) is 5. The lowest BCUT2D eigenvalue weighted by atomic mass is 9.97. The standard InChI is InChI=1S/C21H23NO4/c1-13-5-3-7-22(11-13)12-16-17(23)9-14(2)19-20(24)18(26-21(16)19)10-15-6-4-8-25-15/h4,6,8-10,13,23H,3,5,7,11-12H2,1-2H3/b18-10+. The quantitative estimate of drug-likeness (QED) is 0.840. The van der Waals surface area contributed by atoms with Gasteiger partial charge in [0.15, 0.2) is 5.76 Å². The van der Waals surface area contributed by atoms with Gasteiger partial charge in [0.2, 0.25) is 5.78 Å². The first-order valence-electron chi connectivity index (χ1n) is 9.08. The fourth-order valence-electron chi connectivity index (χ4n) is 3.89. The minimum Gasteiger partial charge on any atom is -0.507 e. The van der Waals surface area contributed by atoms with E-state index in [-0.39, 0.29) is 17.3 Å². The van der Waals surface area contributed by atoms with Crippen molar-refractivity contribution in [2.24, 2.45) is 5.92 Å². The van der Waals surface area contributed by atoms with Crippen molar-refractivity contribution >= 4 is 11.9 Å². The molecular weight excluding hydrogens is 330 g/mol. The lowest BCUT2D eigenvalue weighted by Gasteiger charge is -2.31. The van der Waals surface area contributed by atoms with E-state index in [1.807, 2.05) is 6.92 Å². The highest BCUT2D eigenvalue weighted by atomic mass is 16.5. The first-order valence-corrected chi connectivity index (χ1v) is 9.08. The number of hydrogen-bond donors (Lipinski definition) is 1. The molecule has 1 N–H and O–H groups in total. The summed E-state index contributed by atoms with van der Waals surface area (Å²) in [7, 11) is 0. The zero-order chi connectivity index (χ0) is 18.3. The van der Waals surface area contributed by atoms with Crippen LogP contribution in [0.15, 0.2) is 34.6 Å². The first-order chi connectivity index (χ1) is 12.5. The summed E-state index contributed by atoms with van der Waals surface area (Å²) in [6.45, 7) is 6.64. The van der Waals surface area contributed by atoms with Gasteiger partial charge in [0, 0.05) is 19.2 Å². The Balaban J connectivity index is 1.69. The number of aromatic hydroxyl groups is 1. The van der Waals surface area contributed by atoms with Crippen molar-refractivity contribution in [1.82, 2.24) is 4.90 Å². The highest BCUT2D eigenvalue weighted by Crippen LogP contribution is 2.42. The number of piperidine rings is 1. The molecule has 26 heavy (non-hydrogen) atoms. The third kappa shape index (κ3) is 3.03. The van der Waals surface area contributed by atoms with Crippen LogP contribution in [-0.2, 0) is 6.54 Å². The molecule has 0 radical (unpaired) electrons. The average molecular weight is 353 g/mol. The number of aryl methyl sites for hydroxylation is 1. The summed E-state index contributed by atoms with van der Waals surface area (Å²) in [4.78, 5) is 15.1. The first kappa shape index (κ1) is 16.9. The number of benzene rings is 1. The monoisotopic (exact) mass is 353 g/mol. The number of carbonyl (C=O) groups excluding carboxylic acids is 1. The topological polar surface area (TPSA) is 62.9 Å². The summed E-state index contributed by atoms with van der Waals surface area (Å²) in [6, 6.07) is 5.20. The molecule has 0 aliphatic carbocycles. The third-order valence-electron chi connectivity index (χ3n) is 5.16. The zero-order valence-electron chi connectivity index (χ0n) is 15.1. The van der Waals surface area contributed by atoms with Crippen molar-refractivity contribution < 1.29 is 19.1 Å². The molecule has 2 aliphatic rings. The molecule has 0 spiro atoms. The number of furan rings is 1. The number of ether oxygens (including phenoxy) is 1. The minimum atomic E-state index is -0.165. The van der Waals surface area contributed by atoms with Gasteiger partial charge in [-0.2, -0.15) is 0 Å². The number of rotatable bonds is 3. The molecule has 5 nitrogen and oxygen atoms in total. The number of nitrogens with zero attached hydrogens (tertiary/aromatic N) is 1. The van der Waals surface area contributed by atoms with Crippen LogP contribution < -0.4 is 4.74 Å². The van der Waals surface area contributed by atoms with E-state index in [1.54, 1.807) is 30.5 Å². The number of fused-ring (bicyclic) bond motifs is 1. The maximum Gasteiger partial charge on any atom is 0.232 e. The van der Waals surface area contributed by atoms with Gasteiger partial charge in [-0.05, 0) is 56.0 Å². The van der Waals surface area contributed by atoms with Crippen LogP contribution >= 0.6 is 0 Å². The van der Waals surface area contributed by atoms with Crippen molar-refractivity contribution in [2.45, 2.75) is 33.2 Å². The number of allylic oxidation sites excluding steroid dienone is 1. The minimum absolute atomic E-state index is 0.165. The van der Waals surface area contributed by atoms with Crippen molar-refractivity contribution in [1.29, 1.82) is 0 Å². The fraction of sp³-hybridized carbons (Fsp3) is 0.381. The molecule has 1 atom stereocenters. The molecule has 1 saturated heterocycles. The number of Topliss-reactive ketones (excluding diaryl/α,β-unsaturated/α-hetero) is 1. The van der Waals surface area contributed by atoms with E-state index < -0.39 is 0 Å². The van der Waals surface area contributed by atoms with Crippen molar-refractivity contribution in [3.8, 4) is 11.5 Å². The SMILES string of the molecule is Cc1cc(O)c(CN2CCCC(C)C2)c2c1C(=O)/C(=C\c1ccco1)O2. The molecule has 1 aromatic carbocycles. The van der Waals surface area contributed by atoms with Crippen LogP contribution in [0.5, 0.6) is 11.5 Å². The van der Waals surface area contributed by atoms with Crippen LogP contribution in [0, 0.1) is 12.8 Å². The lowest BCUT2D eigenvalue weighted by Crippen LogP contribution is -2.33. The van der Waals surface area contributed by atoms with Gasteiger partial charge in [0.05, 0.1) is 17.4 Å². The molecule has 1 unspecified atom stereocenters. The Hall–Kier alpha value is -2.53. The number of likely N-dealkylation sites (tertiary alicyclic amines) is 1. The van der Waals surface area contributed by atoms with Gasteiger partial charge >= 0.3 is 0 Å². The van der Waals surface area contributed by atoms with Gasteiger partial charge in [0.1, 0.15) is 17.3 Å². The summed E-state index contributed by atoms with van der Waals surface area (Å²) in [5.41, 5.74) is 1.96. The maximum atomic E-state index is 12.8. The summed E-state index contributed by atoms with van der Waals surface area (Å²) in [5, 5.41) is 10.5. The molecule has 1 fully saturated rings. The van der Waals surface area contributed by atoms with Crippen LogP contribution in [-0.4, -0.2) is 28.9 Å². The van der Waals surface area contributed by atoms with E-state index in [2.05, 4.69) is 11.8 Å². The molecular formula is C21H23NO4. The Morgan fingerprint density at radius 1 is 1.42 bits per heavy atom. The van der Waals surface area contributed by atoms with Crippen molar-refractivity contribution in [3.63, 3.8) is 0 Å².